The topological polar surface area (TPSA) is 99.8 Å². The zero-order valence-electron chi connectivity index (χ0n) is 13.6. The fourth-order valence-electron chi connectivity index (χ4n) is 2.23. The van der Waals surface area contributed by atoms with Crippen LogP contribution in [-0.2, 0) is 16.1 Å². The number of nitrogens with one attached hydrogen (secondary N) is 3. The van der Waals surface area contributed by atoms with E-state index in [0.29, 0.717) is 25.3 Å². The fraction of sp³-hybridized carbons (Fsp3) is 0.438. The highest BCUT2D eigenvalue weighted by molar-refractivity contribution is 6.01. The van der Waals surface area contributed by atoms with Gasteiger partial charge in [-0.2, -0.15) is 0 Å². The summed E-state index contributed by atoms with van der Waals surface area (Å²) in [7, 11) is 1.64. The molecule has 0 atom stereocenters. The van der Waals surface area contributed by atoms with E-state index in [-0.39, 0.29) is 30.9 Å². The first kappa shape index (κ1) is 17.9. The summed E-state index contributed by atoms with van der Waals surface area (Å²) in [5.74, 6) is -0.409. The van der Waals surface area contributed by atoms with Gasteiger partial charge in [-0.05, 0) is 17.7 Å². The van der Waals surface area contributed by atoms with E-state index >= 15 is 0 Å². The Kier molecular flexibility index (Phi) is 6.71. The quantitative estimate of drug-likeness (QED) is 0.425. The summed E-state index contributed by atoms with van der Waals surface area (Å²) in [4.78, 5) is 36.2. The van der Waals surface area contributed by atoms with Crippen molar-refractivity contribution in [3.63, 3.8) is 0 Å². The van der Waals surface area contributed by atoms with Gasteiger partial charge in [-0.3, -0.25) is 14.5 Å². The number of hydrogen-bond donors (Lipinski definition) is 3. The molecule has 1 saturated heterocycles. The Hall–Kier alpha value is -2.45. The van der Waals surface area contributed by atoms with E-state index in [4.69, 9.17) is 4.74 Å². The van der Waals surface area contributed by atoms with Crippen LogP contribution < -0.4 is 16.0 Å². The van der Waals surface area contributed by atoms with Gasteiger partial charge in [-0.15, -0.1) is 0 Å². The molecule has 2 rings (SSSR count). The van der Waals surface area contributed by atoms with E-state index in [1.54, 1.807) is 31.4 Å². The van der Waals surface area contributed by atoms with Crippen molar-refractivity contribution in [2.24, 2.45) is 0 Å². The summed E-state index contributed by atoms with van der Waals surface area (Å²) < 4.78 is 4.91. The Balaban J connectivity index is 1.77. The Morgan fingerprint density at radius 1 is 1.21 bits per heavy atom. The molecule has 1 aliphatic heterocycles. The number of methoxy groups -OCH3 is 1. The first-order valence-corrected chi connectivity index (χ1v) is 7.77. The minimum Gasteiger partial charge on any atom is -0.383 e. The van der Waals surface area contributed by atoms with Crippen LogP contribution in [0.1, 0.15) is 15.9 Å². The predicted molar refractivity (Wildman–Crippen MR) is 87.5 cm³/mol. The molecule has 1 heterocycles. The second kappa shape index (κ2) is 8.99. The van der Waals surface area contributed by atoms with Gasteiger partial charge in [0.15, 0.2) is 0 Å². The van der Waals surface area contributed by atoms with E-state index in [9.17, 15) is 14.4 Å². The summed E-state index contributed by atoms with van der Waals surface area (Å²) in [6.07, 6.45) is 0. The zero-order chi connectivity index (χ0) is 17.4. The molecule has 1 aliphatic rings. The second-order valence-electron chi connectivity index (χ2n) is 5.33. The fourth-order valence-corrected chi connectivity index (χ4v) is 2.23. The molecule has 8 heteroatoms. The first-order valence-electron chi connectivity index (χ1n) is 7.77. The van der Waals surface area contributed by atoms with Crippen molar-refractivity contribution in [1.29, 1.82) is 0 Å². The summed E-state index contributed by atoms with van der Waals surface area (Å²) in [5, 5.41) is 8.42. The van der Waals surface area contributed by atoms with Crippen LogP contribution in [0.25, 0.3) is 0 Å². The molecule has 8 nitrogen and oxygen atoms in total. The van der Waals surface area contributed by atoms with Crippen LogP contribution in [0.5, 0.6) is 0 Å². The van der Waals surface area contributed by atoms with Gasteiger partial charge in [-0.1, -0.05) is 12.1 Å². The standard InChI is InChI=1S/C16H22N4O4/c1-24-9-8-17-6-7-18-15(22)13-4-2-12(3-5-13)11-20-14(21)10-19-16(20)23/h2-5,17H,6-11H2,1H3,(H,18,22)(H,19,23). The van der Waals surface area contributed by atoms with Crippen LogP contribution in [0.3, 0.4) is 0 Å². The second-order valence-corrected chi connectivity index (χ2v) is 5.33. The number of urea groups is 1. The zero-order valence-corrected chi connectivity index (χ0v) is 13.6. The average molecular weight is 334 g/mol. The Labute approximate surface area is 140 Å². The first-order chi connectivity index (χ1) is 11.6. The van der Waals surface area contributed by atoms with Gasteiger partial charge >= 0.3 is 6.03 Å². The number of rotatable bonds is 9. The smallest absolute Gasteiger partial charge is 0.324 e. The summed E-state index contributed by atoms with van der Waals surface area (Å²) in [6, 6.07) is 6.46. The third-order valence-corrected chi connectivity index (χ3v) is 3.56. The van der Waals surface area contributed by atoms with Crippen molar-refractivity contribution in [3.05, 3.63) is 35.4 Å². The maximum Gasteiger partial charge on any atom is 0.324 e. The molecular formula is C16H22N4O4. The number of hydrogen-bond acceptors (Lipinski definition) is 5. The lowest BCUT2D eigenvalue weighted by Crippen LogP contribution is -2.33. The van der Waals surface area contributed by atoms with Crippen LogP contribution in [0, 0.1) is 0 Å². The number of carbonyl (C=O) groups is 3. The van der Waals surface area contributed by atoms with Crippen molar-refractivity contribution < 1.29 is 19.1 Å². The Morgan fingerprint density at radius 3 is 2.58 bits per heavy atom. The molecule has 0 saturated carbocycles. The third kappa shape index (κ3) is 5.04. The van der Waals surface area contributed by atoms with E-state index in [0.717, 1.165) is 17.0 Å². The third-order valence-electron chi connectivity index (χ3n) is 3.56. The molecule has 1 fully saturated rings. The molecule has 24 heavy (non-hydrogen) atoms. The van der Waals surface area contributed by atoms with Crippen molar-refractivity contribution >= 4 is 17.8 Å². The highest BCUT2D eigenvalue weighted by atomic mass is 16.5. The van der Waals surface area contributed by atoms with Gasteiger partial charge in [0.2, 0.25) is 5.91 Å². The monoisotopic (exact) mass is 334 g/mol. The summed E-state index contributed by atoms with van der Waals surface area (Å²) >= 11 is 0. The SMILES string of the molecule is COCCNCCNC(=O)c1ccc(CN2C(=O)CNC2=O)cc1. The lowest BCUT2D eigenvalue weighted by Gasteiger charge is -2.12. The summed E-state index contributed by atoms with van der Waals surface area (Å²) in [6.45, 7) is 2.80. The lowest BCUT2D eigenvalue weighted by molar-refractivity contribution is -0.125. The number of nitrogens with zero attached hydrogens (tertiary/aromatic N) is 1. The molecule has 0 radical (unpaired) electrons. The molecule has 4 amide bonds. The van der Waals surface area contributed by atoms with Gasteiger partial charge in [0, 0.05) is 32.3 Å². The molecule has 0 aliphatic carbocycles. The molecule has 0 spiro atoms. The lowest BCUT2D eigenvalue weighted by atomic mass is 10.1. The van der Waals surface area contributed by atoms with Crippen LogP contribution in [-0.4, -0.2) is 62.6 Å². The number of imide groups is 1. The van der Waals surface area contributed by atoms with Gasteiger partial charge < -0.3 is 20.7 Å². The minimum atomic E-state index is -0.386. The highest BCUT2D eigenvalue weighted by Gasteiger charge is 2.28. The number of benzene rings is 1. The van der Waals surface area contributed by atoms with Gasteiger partial charge in [0.05, 0.1) is 19.7 Å². The molecule has 1 aromatic rings. The normalized spacial score (nSPS) is 14.0. The van der Waals surface area contributed by atoms with Crippen molar-refractivity contribution in [2.45, 2.75) is 6.54 Å². The van der Waals surface area contributed by atoms with Gasteiger partial charge in [0.1, 0.15) is 0 Å². The number of ether oxygens (including phenoxy) is 1. The molecular weight excluding hydrogens is 312 g/mol. The van der Waals surface area contributed by atoms with Crippen molar-refractivity contribution in [1.82, 2.24) is 20.9 Å². The van der Waals surface area contributed by atoms with E-state index < -0.39 is 0 Å². The van der Waals surface area contributed by atoms with E-state index in [1.807, 2.05) is 0 Å². The number of amides is 4. The van der Waals surface area contributed by atoms with E-state index in [2.05, 4.69) is 16.0 Å². The predicted octanol–water partition coefficient (Wildman–Crippen LogP) is -0.296. The van der Waals surface area contributed by atoms with Crippen molar-refractivity contribution in [2.75, 3.05) is 39.9 Å². The van der Waals surface area contributed by atoms with E-state index in [1.165, 1.54) is 0 Å². The molecule has 0 aromatic heterocycles. The minimum absolute atomic E-state index is 0.0394. The average Bonchev–Trinajstić information content (AvgIpc) is 2.90. The molecule has 130 valence electrons. The molecule has 0 unspecified atom stereocenters. The maximum absolute atomic E-state index is 12.0. The Morgan fingerprint density at radius 2 is 1.96 bits per heavy atom. The van der Waals surface area contributed by atoms with Crippen LogP contribution >= 0.6 is 0 Å². The van der Waals surface area contributed by atoms with Crippen LogP contribution in [0.15, 0.2) is 24.3 Å². The van der Waals surface area contributed by atoms with Crippen molar-refractivity contribution in [3.8, 4) is 0 Å². The van der Waals surface area contributed by atoms with Crippen LogP contribution in [0.4, 0.5) is 4.79 Å². The number of carbonyl (C=O) groups excluding carboxylic acids is 3. The molecule has 3 N–H and O–H groups in total. The molecule has 0 bridgehead atoms. The van der Waals surface area contributed by atoms with Crippen LogP contribution in [0.2, 0.25) is 0 Å². The molecule has 1 aromatic carbocycles. The maximum atomic E-state index is 12.0. The summed E-state index contributed by atoms with van der Waals surface area (Å²) in [5.41, 5.74) is 1.33. The van der Waals surface area contributed by atoms with Gasteiger partial charge in [0.25, 0.3) is 5.91 Å². The largest absolute Gasteiger partial charge is 0.383 e. The Bertz CT molecular complexity index is 572. The van der Waals surface area contributed by atoms with Gasteiger partial charge in [-0.25, -0.2) is 4.79 Å². The highest BCUT2D eigenvalue weighted by Crippen LogP contribution is 2.10.